The summed E-state index contributed by atoms with van der Waals surface area (Å²) >= 11 is 0. The van der Waals surface area contributed by atoms with E-state index in [1.165, 1.54) is 25.7 Å². The van der Waals surface area contributed by atoms with Crippen LogP contribution in [-0.2, 0) is 4.79 Å². The first-order valence-electron chi connectivity index (χ1n) is 6.90. The highest BCUT2D eigenvalue weighted by Crippen LogP contribution is 2.17. The first-order valence-corrected chi connectivity index (χ1v) is 6.90. The van der Waals surface area contributed by atoms with Gasteiger partial charge in [0.05, 0.1) is 13.2 Å². The molecule has 1 saturated carbocycles. The summed E-state index contributed by atoms with van der Waals surface area (Å²) in [7, 11) is 0. The lowest BCUT2D eigenvalue weighted by Crippen LogP contribution is -2.42. The molecular formula is C13H26N2O2. The third-order valence-corrected chi connectivity index (χ3v) is 3.40. The highest BCUT2D eigenvalue weighted by Gasteiger charge is 2.17. The van der Waals surface area contributed by atoms with Crippen molar-refractivity contribution in [2.45, 2.75) is 51.5 Å². The summed E-state index contributed by atoms with van der Waals surface area (Å²) in [6.07, 6.45) is 7.04. The monoisotopic (exact) mass is 242 g/mol. The summed E-state index contributed by atoms with van der Waals surface area (Å²) < 4.78 is 0. The number of nitrogens with one attached hydrogen (secondary N) is 1. The van der Waals surface area contributed by atoms with E-state index in [4.69, 9.17) is 5.11 Å². The molecular weight excluding hydrogens is 216 g/mol. The van der Waals surface area contributed by atoms with Gasteiger partial charge in [-0.3, -0.25) is 4.79 Å². The maximum absolute atomic E-state index is 11.9. The van der Waals surface area contributed by atoms with E-state index >= 15 is 0 Å². The molecule has 0 aromatic rings. The Morgan fingerprint density at radius 1 is 1.35 bits per heavy atom. The van der Waals surface area contributed by atoms with Gasteiger partial charge in [0.2, 0.25) is 5.91 Å². The van der Waals surface area contributed by atoms with Crippen LogP contribution >= 0.6 is 0 Å². The highest BCUT2D eigenvalue weighted by atomic mass is 16.3. The minimum absolute atomic E-state index is 0.0544. The van der Waals surface area contributed by atoms with Gasteiger partial charge in [-0.05, 0) is 19.3 Å². The van der Waals surface area contributed by atoms with E-state index in [0.717, 1.165) is 19.4 Å². The Labute approximate surface area is 104 Å². The summed E-state index contributed by atoms with van der Waals surface area (Å²) in [5, 5.41) is 12.3. The third-order valence-electron chi connectivity index (χ3n) is 3.40. The number of hydrogen-bond donors (Lipinski definition) is 2. The predicted molar refractivity (Wildman–Crippen MR) is 68.8 cm³/mol. The molecule has 0 spiro atoms. The summed E-state index contributed by atoms with van der Waals surface area (Å²) in [5.41, 5.74) is 0. The van der Waals surface area contributed by atoms with Crippen LogP contribution < -0.4 is 5.32 Å². The molecule has 4 nitrogen and oxygen atoms in total. The molecule has 17 heavy (non-hydrogen) atoms. The first-order chi connectivity index (χ1) is 8.27. The summed E-state index contributed by atoms with van der Waals surface area (Å²) in [4.78, 5) is 13.7. The van der Waals surface area contributed by atoms with Crippen molar-refractivity contribution in [3.8, 4) is 0 Å². The molecule has 1 aliphatic carbocycles. The van der Waals surface area contributed by atoms with E-state index in [9.17, 15) is 4.79 Å². The van der Waals surface area contributed by atoms with E-state index in [-0.39, 0.29) is 12.5 Å². The summed E-state index contributed by atoms with van der Waals surface area (Å²) in [5.74, 6) is 0.124. The van der Waals surface area contributed by atoms with E-state index in [0.29, 0.717) is 19.1 Å². The number of carbonyl (C=O) groups is 1. The van der Waals surface area contributed by atoms with Crippen molar-refractivity contribution >= 4 is 5.91 Å². The van der Waals surface area contributed by atoms with Crippen molar-refractivity contribution in [1.82, 2.24) is 10.2 Å². The number of hydrogen-bond acceptors (Lipinski definition) is 3. The quantitative estimate of drug-likeness (QED) is 0.671. The minimum Gasteiger partial charge on any atom is -0.395 e. The number of nitrogens with zero attached hydrogens (tertiary/aromatic N) is 1. The van der Waals surface area contributed by atoms with Gasteiger partial charge >= 0.3 is 0 Å². The average molecular weight is 242 g/mol. The molecule has 100 valence electrons. The Hall–Kier alpha value is -0.610. The molecule has 2 N–H and O–H groups in total. The van der Waals surface area contributed by atoms with Crippen LogP contribution in [0.2, 0.25) is 0 Å². The second kappa shape index (κ2) is 8.48. The van der Waals surface area contributed by atoms with Crippen LogP contribution in [0, 0.1) is 0 Å². The van der Waals surface area contributed by atoms with Crippen LogP contribution in [0.1, 0.15) is 45.4 Å². The molecule has 4 heteroatoms. The van der Waals surface area contributed by atoms with Crippen molar-refractivity contribution < 1.29 is 9.90 Å². The highest BCUT2D eigenvalue weighted by molar-refractivity contribution is 5.78. The molecule has 1 amide bonds. The lowest BCUT2D eigenvalue weighted by Gasteiger charge is -2.22. The predicted octanol–water partition coefficient (Wildman–Crippen LogP) is 1.14. The van der Waals surface area contributed by atoms with Gasteiger partial charge in [-0.2, -0.15) is 0 Å². The number of amides is 1. The molecule has 0 aromatic carbocycles. The summed E-state index contributed by atoms with van der Waals surface area (Å²) in [6.45, 7) is 3.82. The van der Waals surface area contributed by atoms with E-state index in [1.54, 1.807) is 4.90 Å². The molecule has 1 rings (SSSR count). The number of aliphatic hydroxyl groups excluding tert-OH is 1. The van der Waals surface area contributed by atoms with E-state index < -0.39 is 0 Å². The second-order valence-corrected chi connectivity index (χ2v) is 4.82. The van der Waals surface area contributed by atoms with E-state index in [2.05, 4.69) is 12.2 Å². The molecule has 1 fully saturated rings. The Bertz CT molecular complexity index is 215. The van der Waals surface area contributed by atoms with Crippen LogP contribution in [0.15, 0.2) is 0 Å². The van der Waals surface area contributed by atoms with Gasteiger partial charge in [0.1, 0.15) is 0 Å². The minimum atomic E-state index is 0.0544. The van der Waals surface area contributed by atoms with Gasteiger partial charge in [-0.25, -0.2) is 0 Å². The van der Waals surface area contributed by atoms with Crippen LogP contribution in [0.5, 0.6) is 0 Å². The standard InChI is InChI=1S/C13H26N2O2/c1-2-3-8-15(9-10-16)13(17)11-14-12-6-4-5-7-12/h12,14,16H,2-11H2,1H3. The largest absolute Gasteiger partial charge is 0.395 e. The Balaban J connectivity index is 2.24. The summed E-state index contributed by atoms with van der Waals surface area (Å²) in [6, 6.07) is 0.529. The third kappa shape index (κ3) is 5.50. The average Bonchev–Trinajstić information content (AvgIpc) is 2.84. The SMILES string of the molecule is CCCCN(CCO)C(=O)CNC1CCCC1. The van der Waals surface area contributed by atoms with Crippen LogP contribution in [0.25, 0.3) is 0 Å². The number of aliphatic hydroxyl groups is 1. The smallest absolute Gasteiger partial charge is 0.236 e. The van der Waals surface area contributed by atoms with Gasteiger partial charge in [0.15, 0.2) is 0 Å². The van der Waals surface area contributed by atoms with Crippen molar-refractivity contribution in [2.24, 2.45) is 0 Å². The Morgan fingerprint density at radius 3 is 2.65 bits per heavy atom. The van der Waals surface area contributed by atoms with Crippen molar-refractivity contribution in [2.75, 3.05) is 26.2 Å². The van der Waals surface area contributed by atoms with Gasteiger partial charge in [0.25, 0.3) is 0 Å². The lowest BCUT2D eigenvalue weighted by molar-refractivity contribution is -0.131. The molecule has 0 heterocycles. The maximum atomic E-state index is 11.9. The molecule has 0 aliphatic heterocycles. The molecule has 0 radical (unpaired) electrons. The van der Waals surface area contributed by atoms with Gasteiger partial charge in [0, 0.05) is 19.1 Å². The molecule has 0 bridgehead atoms. The Kier molecular flexibility index (Phi) is 7.21. The van der Waals surface area contributed by atoms with Crippen LogP contribution in [0.4, 0.5) is 0 Å². The van der Waals surface area contributed by atoms with Crippen molar-refractivity contribution in [3.05, 3.63) is 0 Å². The van der Waals surface area contributed by atoms with Gasteiger partial charge in [-0.15, -0.1) is 0 Å². The van der Waals surface area contributed by atoms with E-state index in [1.807, 2.05) is 0 Å². The molecule has 0 unspecified atom stereocenters. The maximum Gasteiger partial charge on any atom is 0.236 e. The topological polar surface area (TPSA) is 52.6 Å². The fourth-order valence-electron chi connectivity index (χ4n) is 2.30. The first kappa shape index (κ1) is 14.5. The second-order valence-electron chi connectivity index (χ2n) is 4.82. The molecule has 0 saturated heterocycles. The number of carbonyl (C=O) groups excluding carboxylic acids is 1. The number of unbranched alkanes of at least 4 members (excludes halogenated alkanes) is 1. The van der Waals surface area contributed by atoms with Crippen LogP contribution in [-0.4, -0.2) is 48.2 Å². The number of rotatable bonds is 8. The van der Waals surface area contributed by atoms with Gasteiger partial charge < -0.3 is 15.3 Å². The zero-order chi connectivity index (χ0) is 12.5. The van der Waals surface area contributed by atoms with Crippen LogP contribution in [0.3, 0.4) is 0 Å². The van der Waals surface area contributed by atoms with Crippen molar-refractivity contribution in [1.29, 1.82) is 0 Å². The fourth-order valence-corrected chi connectivity index (χ4v) is 2.30. The molecule has 1 aliphatic rings. The normalized spacial score (nSPS) is 16.4. The Morgan fingerprint density at radius 2 is 2.06 bits per heavy atom. The molecule has 0 aromatic heterocycles. The van der Waals surface area contributed by atoms with Gasteiger partial charge in [-0.1, -0.05) is 26.2 Å². The molecule has 0 atom stereocenters. The zero-order valence-corrected chi connectivity index (χ0v) is 11.0. The lowest BCUT2D eigenvalue weighted by atomic mass is 10.2. The van der Waals surface area contributed by atoms with Crippen molar-refractivity contribution in [3.63, 3.8) is 0 Å². The zero-order valence-electron chi connectivity index (χ0n) is 11.0. The fraction of sp³-hybridized carbons (Fsp3) is 0.923.